The Morgan fingerprint density at radius 2 is 1.94 bits per heavy atom. The third-order valence-corrected chi connectivity index (χ3v) is 5.80. The van der Waals surface area contributed by atoms with Gasteiger partial charge in [0.25, 0.3) is 0 Å². The molecule has 0 radical (unpaired) electrons. The molecule has 0 aliphatic carbocycles. The largest absolute Gasteiger partial charge is 0.372 e. The second kappa shape index (κ2) is 11.0. The van der Waals surface area contributed by atoms with Crippen LogP contribution in [0.15, 0.2) is 60.4 Å². The van der Waals surface area contributed by atoms with E-state index in [2.05, 4.69) is 58.0 Å². The Bertz CT molecular complexity index is 1020. The third kappa shape index (κ3) is 5.86. The molecule has 162 valence electrons. The molecule has 0 saturated carbocycles. The molecule has 0 atom stereocenters. The zero-order chi connectivity index (χ0) is 22.2. The molecule has 0 bridgehead atoms. The molecule has 2 heterocycles. The number of carbonyl (C=O) groups excluding carboxylic acids is 1. The summed E-state index contributed by atoms with van der Waals surface area (Å²) in [5.74, 6) is 1.20. The molecule has 7 nitrogen and oxygen atoms in total. The number of nitrogens with zero attached hydrogens (tertiary/aromatic N) is 5. The van der Waals surface area contributed by atoms with Gasteiger partial charge in [0.15, 0.2) is 11.0 Å². The summed E-state index contributed by atoms with van der Waals surface area (Å²) in [6.07, 6.45) is 3.28. The van der Waals surface area contributed by atoms with Gasteiger partial charge in [-0.2, -0.15) is 0 Å². The summed E-state index contributed by atoms with van der Waals surface area (Å²) in [7, 11) is 0. The van der Waals surface area contributed by atoms with E-state index in [0.717, 1.165) is 24.5 Å². The van der Waals surface area contributed by atoms with Crippen LogP contribution in [0.4, 0.5) is 11.5 Å². The van der Waals surface area contributed by atoms with E-state index in [1.165, 1.54) is 23.6 Å². The highest BCUT2D eigenvalue weighted by atomic mass is 35.5. The Balaban J connectivity index is 1.72. The highest BCUT2D eigenvalue weighted by molar-refractivity contribution is 7.99. The Morgan fingerprint density at radius 3 is 2.55 bits per heavy atom. The number of aromatic nitrogens is 4. The number of rotatable bonds is 10. The lowest BCUT2D eigenvalue weighted by Gasteiger charge is -2.21. The van der Waals surface area contributed by atoms with E-state index in [9.17, 15) is 4.79 Å². The minimum atomic E-state index is -0.182. The van der Waals surface area contributed by atoms with Crippen molar-refractivity contribution >= 4 is 40.8 Å². The van der Waals surface area contributed by atoms with Crippen molar-refractivity contribution in [2.45, 2.75) is 25.5 Å². The van der Waals surface area contributed by atoms with Crippen LogP contribution in [0.1, 0.15) is 13.8 Å². The number of halogens is 1. The average Bonchev–Trinajstić information content (AvgIpc) is 3.18. The lowest BCUT2D eigenvalue weighted by Crippen LogP contribution is -2.21. The van der Waals surface area contributed by atoms with Gasteiger partial charge in [-0.3, -0.25) is 9.36 Å². The fourth-order valence-corrected chi connectivity index (χ4v) is 3.93. The predicted octanol–water partition coefficient (Wildman–Crippen LogP) is 4.76. The smallest absolute Gasteiger partial charge is 0.236 e. The summed E-state index contributed by atoms with van der Waals surface area (Å²) in [5.41, 5.74) is 2.14. The van der Waals surface area contributed by atoms with Crippen LogP contribution in [0.2, 0.25) is 5.02 Å². The molecule has 1 aromatic carbocycles. The zero-order valence-electron chi connectivity index (χ0n) is 17.6. The number of nitrogens with one attached hydrogen (secondary N) is 1. The Kier molecular flexibility index (Phi) is 8.08. The first-order chi connectivity index (χ1) is 15.0. The number of anilines is 2. The molecule has 0 unspecified atom stereocenters. The number of hydrogen-bond donors (Lipinski definition) is 1. The van der Waals surface area contributed by atoms with Gasteiger partial charge in [-0.25, -0.2) is 4.98 Å². The van der Waals surface area contributed by atoms with E-state index < -0.39 is 0 Å². The number of thioether (sulfide) groups is 1. The number of carbonyl (C=O) groups is 1. The van der Waals surface area contributed by atoms with Gasteiger partial charge < -0.3 is 10.2 Å². The molecule has 0 saturated heterocycles. The topological polar surface area (TPSA) is 75.9 Å². The molecule has 1 N–H and O–H groups in total. The molecule has 3 aromatic rings. The first kappa shape index (κ1) is 22.8. The van der Waals surface area contributed by atoms with Crippen molar-refractivity contribution in [2.75, 3.05) is 29.1 Å². The Labute approximate surface area is 191 Å². The van der Waals surface area contributed by atoms with Crippen molar-refractivity contribution in [3.63, 3.8) is 0 Å². The van der Waals surface area contributed by atoms with Crippen LogP contribution < -0.4 is 10.2 Å². The number of benzene rings is 1. The van der Waals surface area contributed by atoms with Crippen LogP contribution in [0.5, 0.6) is 0 Å². The SMILES string of the molecule is C=CCn1c(SCC(=O)Nc2ccc(Cl)cn2)nnc1-c1ccc(N(CC)CC)cc1. The number of amides is 1. The van der Waals surface area contributed by atoms with Crippen molar-refractivity contribution in [3.8, 4) is 11.4 Å². The fraction of sp³-hybridized carbons (Fsp3) is 0.273. The van der Waals surface area contributed by atoms with Crippen LogP contribution >= 0.6 is 23.4 Å². The quantitative estimate of drug-likeness (QED) is 0.350. The van der Waals surface area contributed by atoms with Gasteiger partial charge in [-0.05, 0) is 50.2 Å². The summed E-state index contributed by atoms with van der Waals surface area (Å²) in [6, 6.07) is 11.6. The summed E-state index contributed by atoms with van der Waals surface area (Å²) in [6.45, 7) is 10.6. The van der Waals surface area contributed by atoms with Crippen molar-refractivity contribution in [2.24, 2.45) is 0 Å². The maximum absolute atomic E-state index is 12.3. The van der Waals surface area contributed by atoms with Crippen molar-refractivity contribution < 1.29 is 4.79 Å². The molecule has 0 aliphatic rings. The van der Waals surface area contributed by atoms with E-state index in [4.69, 9.17) is 11.6 Å². The lowest BCUT2D eigenvalue weighted by atomic mass is 10.2. The van der Waals surface area contributed by atoms with Gasteiger partial charge in [-0.15, -0.1) is 16.8 Å². The molecule has 3 rings (SSSR count). The van der Waals surface area contributed by atoms with Crippen LogP contribution in [0, 0.1) is 0 Å². The summed E-state index contributed by atoms with van der Waals surface area (Å²) >= 11 is 7.14. The Hall–Kier alpha value is -2.84. The second-order valence-electron chi connectivity index (χ2n) is 6.62. The van der Waals surface area contributed by atoms with E-state index in [1.54, 1.807) is 18.2 Å². The normalized spacial score (nSPS) is 10.7. The molecule has 1 amide bonds. The second-order valence-corrected chi connectivity index (χ2v) is 8.00. The van der Waals surface area contributed by atoms with Crippen molar-refractivity contribution in [1.82, 2.24) is 19.7 Å². The van der Waals surface area contributed by atoms with Crippen molar-refractivity contribution in [3.05, 3.63) is 60.3 Å². The third-order valence-electron chi connectivity index (χ3n) is 4.61. The van der Waals surface area contributed by atoms with Gasteiger partial charge >= 0.3 is 0 Å². The first-order valence-electron chi connectivity index (χ1n) is 9.99. The monoisotopic (exact) mass is 456 g/mol. The standard InChI is InChI=1S/C22H25ClN6OS/c1-4-13-29-21(16-7-10-18(11-8-16)28(5-2)6-3)26-27-22(29)31-15-20(30)25-19-12-9-17(23)14-24-19/h4,7-12,14H,1,5-6,13,15H2,2-3H3,(H,24,25,30). The van der Waals surface area contributed by atoms with Crippen LogP contribution in [-0.4, -0.2) is 44.5 Å². The van der Waals surface area contributed by atoms with E-state index in [-0.39, 0.29) is 11.7 Å². The summed E-state index contributed by atoms with van der Waals surface area (Å²) in [5, 5.41) is 12.6. The van der Waals surface area contributed by atoms with Gasteiger partial charge in [-0.1, -0.05) is 29.4 Å². The molecule has 0 aliphatic heterocycles. The molecular weight excluding hydrogens is 432 g/mol. The molecule has 0 fully saturated rings. The highest BCUT2D eigenvalue weighted by Gasteiger charge is 2.15. The molecule has 31 heavy (non-hydrogen) atoms. The predicted molar refractivity (Wildman–Crippen MR) is 128 cm³/mol. The lowest BCUT2D eigenvalue weighted by molar-refractivity contribution is -0.113. The van der Waals surface area contributed by atoms with Gasteiger partial charge in [0.05, 0.1) is 10.8 Å². The van der Waals surface area contributed by atoms with E-state index >= 15 is 0 Å². The van der Waals surface area contributed by atoms with Gasteiger partial charge in [0.2, 0.25) is 5.91 Å². The van der Waals surface area contributed by atoms with Crippen molar-refractivity contribution in [1.29, 1.82) is 0 Å². The maximum atomic E-state index is 12.3. The fourth-order valence-electron chi connectivity index (χ4n) is 3.07. The summed E-state index contributed by atoms with van der Waals surface area (Å²) < 4.78 is 1.96. The zero-order valence-corrected chi connectivity index (χ0v) is 19.2. The minimum Gasteiger partial charge on any atom is -0.372 e. The average molecular weight is 457 g/mol. The minimum absolute atomic E-state index is 0.181. The van der Waals surface area contributed by atoms with Gasteiger partial charge in [0, 0.05) is 37.1 Å². The van der Waals surface area contributed by atoms with Gasteiger partial charge in [0.1, 0.15) is 5.82 Å². The van der Waals surface area contributed by atoms with Crippen LogP contribution in [0.3, 0.4) is 0 Å². The van der Waals surface area contributed by atoms with Crippen LogP contribution in [-0.2, 0) is 11.3 Å². The number of hydrogen-bond acceptors (Lipinski definition) is 6. The maximum Gasteiger partial charge on any atom is 0.236 e. The Morgan fingerprint density at radius 1 is 1.19 bits per heavy atom. The number of pyridine rings is 1. The molecule has 2 aromatic heterocycles. The summed E-state index contributed by atoms with van der Waals surface area (Å²) in [4.78, 5) is 18.6. The first-order valence-corrected chi connectivity index (χ1v) is 11.4. The van der Waals surface area contributed by atoms with E-state index in [1.807, 2.05) is 16.7 Å². The number of allylic oxidation sites excluding steroid dienone is 1. The molecule has 9 heteroatoms. The van der Waals surface area contributed by atoms with Crippen LogP contribution in [0.25, 0.3) is 11.4 Å². The van der Waals surface area contributed by atoms with E-state index in [0.29, 0.717) is 22.5 Å². The molecular formula is C22H25ClN6OS. The highest BCUT2D eigenvalue weighted by Crippen LogP contribution is 2.26. The molecule has 0 spiro atoms.